The first-order chi connectivity index (χ1) is 9.34. The van der Waals surface area contributed by atoms with E-state index in [-0.39, 0.29) is 0 Å². The first-order valence-corrected chi connectivity index (χ1v) is 7.12. The molecule has 2 nitrogen and oxygen atoms in total. The van der Waals surface area contributed by atoms with Crippen LogP contribution in [0.4, 0.5) is 0 Å². The monoisotopic (exact) mass is 253 g/mol. The van der Waals surface area contributed by atoms with Crippen LogP contribution in [0.2, 0.25) is 0 Å². The van der Waals surface area contributed by atoms with Gasteiger partial charge in [-0.05, 0) is 49.3 Å². The lowest BCUT2D eigenvalue weighted by molar-refractivity contribution is -0.115. The molecule has 1 aliphatic carbocycles. The number of hydrogen-bond donors (Lipinski definition) is 1. The van der Waals surface area contributed by atoms with Gasteiger partial charge < -0.3 is 4.98 Å². The van der Waals surface area contributed by atoms with Gasteiger partial charge in [0, 0.05) is 23.5 Å². The molecule has 0 saturated heterocycles. The van der Waals surface area contributed by atoms with Gasteiger partial charge in [0.25, 0.3) is 0 Å². The molecular formula is C17H19NO. The molecule has 1 aromatic carbocycles. The smallest absolute Gasteiger partial charge is 0.158 e. The van der Waals surface area contributed by atoms with Crippen LogP contribution >= 0.6 is 0 Å². The minimum Gasteiger partial charge on any atom is -0.361 e. The number of hydrogen-bond acceptors (Lipinski definition) is 1. The van der Waals surface area contributed by atoms with Crippen LogP contribution < -0.4 is 0 Å². The number of fused-ring (bicyclic) bond motifs is 1. The summed E-state index contributed by atoms with van der Waals surface area (Å²) >= 11 is 0. The summed E-state index contributed by atoms with van der Waals surface area (Å²) < 4.78 is 0. The summed E-state index contributed by atoms with van der Waals surface area (Å²) in [6.45, 7) is 0. The van der Waals surface area contributed by atoms with Gasteiger partial charge in [-0.15, -0.1) is 0 Å². The zero-order valence-electron chi connectivity index (χ0n) is 11.1. The second kappa shape index (κ2) is 5.43. The molecule has 2 aromatic rings. The number of benzene rings is 1. The van der Waals surface area contributed by atoms with Gasteiger partial charge in [-0.1, -0.05) is 24.3 Å². The van der Waals surface area contributed by atoms with Crippen LogP contribution in [0.3, 0.4) is 0 Å². The Morgan fingerprint density at radius 2 is 2.16 bits per heavy atom. The Balaban J connectivity index is 1.59. The van der Waals surface area contributed by atoms with Gasteiger partial charge in [-0.25, -0.2) is 0 Å². The van der Waals surface area contributed by atoms with Gasteiger partial charge >= 0.3 is 0 Å². The molecule has 1 aromatic heterocycles. The quantitative estimate of drug-likeness (QED) is 0.852. The number of H-pyrrole nitrogens is 1. The summed E-state index contributed by atoms with van der Waals surface area (Å²) in [5.41, 5.74) is 3.57. The fourth-order valence-corrected chi connectivity index (χ4v) is 2.86. The van der Waals surface area contributed by atoms with E-state index in [1.807, 2.05) is 6.07 Å². The van der Waals surface area contributed by atoms with Crippen LogP contribution in [0.1, 0.15) is 37.7 Å². The van der Waals surface area contributed by atoms with Crippen molar-refractivity contribution in [2.75, 3.05) is 0 Å². The molecule has 2 heteroatoms. The van der Waals surface area contributed by atoms with E-state index in [9.17, 15) is 4.79 Å². The highest BCUT2D eigenvalue weighted by atomic mass is 16.1. The summed E-state index contributed by atoms with van der Waals surface area (Å²) in [6.07, 6.45) is 10.0. The SMILES string of the molecule is O=C(CCCc1c[nH]c2ccccc12)C1=CCCC1. The molecule has 0 radical (unpaired) electrons. The molecule has 0 saturated carbocycles. The minimum atomic E-state index is 0.359. The molecule has 0 aliphatic heterocycles. The van der Waals surface area contributed by atoms with Crippen LogP contribution in [0, 0.1) is 0 Å². The molecule has 1 heterocycles. The predicted octanol–water partition coefficient (Wildman–Crippen LogP) is 4.17. The Morgan fingerprint density at radius 3 is 3.00 bits per heavy atom. The predicted molar refractivity (Wildman–Crippen MR) is 78.2 cm³/mol. The summed E-state index contributed by atoms with van der Waals surface area (Å²) in [5, 5.41) is 1.29. The number of rotatable bonds is 5. The number of carbonyl (C=O) groups is 1. The molecule has 0 bridgehead atoms. The minimum absolute atomic E-state index is 0.359. The maximum Gasteiger partial charge on any atom is 0.158 e. The van der Waals surface area contributed by atoms with E-state index in [4.69, 9.17) is 0 Å². The Morgan fingerprint density at radius 1 is 1.26 bits per heavy atom. The highest BCUT2D eigenvalue weighted by Crippen LogP contribution is 2.22. The van der Waals surface area contributed by atoms with Crippen molar-refractivity contribution in [1.82, 2.24) is 4.98 Å². The Bertz CT molecular complexity index is 621. The third-order valence-corrected chi connectivity index (χ3v) is 3.92. The van der Waals surface area contributed by atoms with Crippen molar-refractivity contribution in [3.05, 3.63) is 47.7 Å². The molecule has 0 fully saturated rings. The highest BCUT2D eigenvalue weighted by Gasteiger charge is 2.13. The van der Waals surface area contributed by atoms with Crippen LogP contribution in [0.15, 0.2) is 42.1 Å². The largest absolute Gasteiger partial charge is 0.361 e. The normalized spacial score (nSPS) is 14.8. The Labute approximate surface area is 113 Å². The number of carbonyl (C=O) groups excluding carboxylic acids is 1. The Hall–Kier alpha value is -1.83. The molecule has 19 heavy (non-hydrogen) atoms. The molecule has 0 spiro atoms. The van der Waals surface area contributed by atoms with E-state index in [0.29, 0.717) is 12.2 Å². The first kappa shape index (κ1) is 12.2. The molecule has 1 N–H and O–H groups in total. The zero-order valence-corrected chi connectivity index (χ0v) is 11.1. The van der Waals surface area contributed by atoms with Crippen LogP contribution in [-0.4, -0.2) is 10.8 Å². The van der Waals surface area contributed by atoms with Gasteiger partial charge in [0.2, 0.25) is 0 Å². The van der Waals surface area contributed by atoms with Crippen molar-refractivity contribution in [3.8, 4) is 0 Å². The fraction of sp³-hybridized carbons (Fsp3) is 0.353. The van der Waals surface area contributed by atoms with Crippen molar-refractivity contribution >= 4 is 16.7 Å². The number of nitrogens with one attached hydrogen (secondary N) is 1. The van der Waals surface area contributed by atoms with E-state index in [1.165, 1.54) is 16.5 Å². The number of allylic oxidation sites excluding steroid dienone is 2. The lowest BCUT2D eigenvalue weighted by atomic mass is 10.0. The number of aryl methyl sites for hydroxylation is 1. The molecule has 0 atom stereocenters. The number of ketones is 1. The van der Waals surface area contributed by atoms with Gasteiger partial charge in [0.1, 0.15) is 0 Å². The van der Waals surface area contributed by atoms with E-state index in [2.05, 4.69) is 35.5 Å². The van der Waals surface area contributed by atoms with Crippen molar-refractivity contribution in [3.63, 3.8) is 0 Å². The average molecular weight is 253 g/mol. The second-order valence-corrected chi connectivity index (χ2v) is 5.26. The maximum atomic E-state index is 12.0. The third-order valence-electron chi connectivity index (χ3n) is 3.92. The molecule has 1 aliphatic rings. The lowest BCUT2D eigenvalue weighted by Gasteiger charge is -2.01. The molecule has 3 rings (SSSR count). The number of para-hydroxylation sites is 1. The molecular weight excluding hydrogens is 234 g/mol. The van der Waals surface area contributed by atoms with E-state index in [1.54, 1.807) is 0 Å². The zero-order chi connectivity index (χ0) is 13.1. The molecule has 0 amide bonds. The van der Waals surface area contributed by atoms with Crippen LogP contribution in [-0.2, 0) is 11.2 Å². The molecule has 98 valence electrons. The van der Waals surface area contributed by atoms with Crippen LogP contribution in [0.25, 0.3) is 10.9 Å². The second-order valence-electron chi connectivity index (χ2n) is 5.26. The number of Topliss-reactive ketones (excluding diaryl/α,β-unsaturated/α-hetero) is 1. The van der Waals surface area contributed by atoms with Gasteiger partial charge in [-0.2, -0.15) is 0 Å². The van der Waals surface area contributed by atoms with E-state index < -0.39 is 0 Å². The fourth-order valence-electron chi connectivity index (χ4n) is 2.86. The van der Waals surface area contributed by atoms with E-state index in [0.717, 1.165) is 37.7 Å². The van der Waals surface area contributed by atoms with Crippen molar-refractivity contribution in [2.45, 2.75) is 38.5 Å². The van der Waals surface area contributed by atoms with Crippen LogP contribution in [0.5, 0.6) is 0 Å². The van der Waals surface area contributed by atoms with Crippen molar-refractivity contribution in [1.29, 1.82) is 0 Å². The highest BCUT2D eigenvalue weighted by molar-refractivity contribution is 5.95. The lowest BCUT2D eigenvalue weighted by Crippen LogP contribution is -2.01. The number of aromatic amines is 1. The van der Waals surface area contributed by atoms with Gasteiger partial charge in [0.15, 0.2) is 5.78 Å². The standard InChI is InChI=1S/C17H19NO/c19-17(13-6-1-2-7-13)11-5-8-14-12-18-16-10-4-3-9-15(14)16/h3-4,6,9-10,12,18H,1-2,5,7-8,11H2. The topological polar surface area (TPSA) is 32.9 Å². The van der Waals surface area contributed by atoms with Crippen molar-refractivity contribution < 1.29 is 4.79 Å². The summed E-state index contributed by atoms with van der Waals surface area (Å²) in [5.74, 6) is 0.359. The average Bonchev–Trinajstić information content (AvgIpc) is 3.08. The summed E-state index contributed by atoms with van der Waals surface area (Å²) in [4.78, 5) is 15.2. The van der Waals surface area contributed by atoms with Crippen molar-refractivity contribution in [2.24, 2.45) is 0 Å². The first-order valence-electron chi connectivity index (χ1n) is 7.12. The Kier molecular flexibility index (Phi) is 3.49. The van der Waals surface area contributed by atoms with Gasteiger partial charge in [0.05, 0.1) is 0 Å². The summed E-state index contributed by atoms with van der Waals surface area (Å²) in [7, 11) is 0. The number of aromatic nitrogens is 1. The summed E-state index contributed by atoms with van der Waals surface area (Å²) in [6, 6.07) is 8.34. The molecule has 0 unspecified atom stereocenters. The van der Waals surface area contributed by atoms with E-state index >= 15 is 0 Å². The van der Waals surface area contributed by atoms with Gasteiger partial charge in [-0.3, -0.25) is 4.79 Å². The maximum absolute atomic E-state index is 12.0. The third kappa shape index (κ3) is 2.62.